The van der Waals surface area contributed by atoms with Gasteiger partial charge in [0.1, 0.15) is 11.4 Å². The average Bonchev–Trinajstić information content (AvgIpc) is 3.17. The van der Waals surface area contributed by atoms with Crippen molar-refractivity contribution in [3.8, 4) is 0 Å². The molecule has 3 heterocycles. The van der Waals surface area contributed by atoms with Gasteiger partial charge in [0, 0.05) is 43.3 Å². The van der Waals surface area contributed by atoms with Gasteiger partial charge in [-0.15, -0.1) is 0 Å². The summed E-state index contributed by atoms with van der Waals surface area (Å²) in [5.74, 6) is 0.738. The zero-order valence-corrected chi connectivity index (χ0v) is 23.8. The summed E-state index contributed by atoms with van der Waals surface area (Å²) in [6, 6.07) is 15.1. The van der Waals surface area contributed by atoms with Crippen LogP contribution in [-0.4, -0.2) is 69.7 Å². The summed E-state index contributed by atoms with van der Waals surface area (Å²) in [5, 5.41) is 3.96. The number of pyridine rings is 1. The van der Waals surface area contributed by atoms with E-state index in [-0.39, 0.29) is 11.8 Å². The number of amides is 1. The van der Waals surface area contributed by atoms with Gasteiger partial charge >= 0.3 is 6.09 Å². The highest BCUT2D eigenvalue weighted by atomic mass is 32.2. The largest absolute Gasteiger partial charge is 0.444 e. The molecule has 10 heteroatoms. The van der Waals surface area contributed by atoms with Gasteiger partial charge in [0.2, 0.25) is 0 Å². The Bertz CT molecular complexity index is 1480. The van der Waals surface area contributed by atoms with Gasteiger partial charge in [0.15, 0.2) is 9.84 Å². The number of rotatable bonds is 3. The lowest BCUT2D eigenvalue weighted by atomic mass is 10.1. The molecular formula is C29H36N4O5S. The summed E-state index contributed by atoms with van der Waals surface area (Å²) < 4.78 is 37.3. The third kappa shape index (κ3) is 6.28. The molecule has 3 aromatic rings. The molecule has 0 saturated carbocycles. The molecule has 1 N–H and O–H groups in total. The number of aryl methyl sites for hydroxylation is 1. The van der Waals surface area contributed by atoms with Crippen LogP contribution in [0.2, 0.25) is 0 Å². The second kappa shape index (κ2) is 10.7. The van der Waals surface area contributed by atoms with Gasteiger partial charge < -0.3 is 24.6 Å². The summed E-state index contributed by atoms with van der Waals surface area (Å²) in [5.41, 5.74) is 3.09. The number of benzene rings is 2. The number of alkyl carbamates (subject to hydrolysis) is 1. The van der Waals surface area contributed by atoms with Crippen molar-refractivity contribution in [3.63, 3.8) is 0 Å². The zero-order chi connectivity index (χ0) is 27.8. The lowest BCUT2D eigenvalue weighted by Gasteiger charge is -2.30. The molecule has 0 aliphatic carbocycles. The van der Waals surface area contributed by atoms with Crippen LogP contribution < -0.4 is 15.1 Å². The predicted molar refractivity (Wildman–Crippen MR) is 152 cm³/mol. The Morgan fingerprint density at radius 2 is 1.90 bits per heavy atom. The van der Waals surface area contributed by atoms with Gasteiger partial charge in [-0.1, -0.05) is 29.8 Å². The van der Waals surface area contributed by atoms with E-state index >= 15 is 0 Å². The lowest BCUT2D eigenvalue weighted by Crippen LogP contribution is -2.46. The fourth-order valence-electron chi connectivity index (χ4n) is 5.08. The molecule has 9 nitrogen and oxygen atoms in total. The molecule has 2 aromatic carbocycles. The van der Waals surface area contributed by atoms with E-state index in [1.54, 1.807) is 12.1 Å². The highest BCUT2D eigenvalue weighted by Crippen LogP contribution is 2.33. The molecule has 1 aromatic heterocycles. The van der Waals surface area contributed by atoms with Crippen LogP contribution in [0, 0.1) is 6.92 Å². The third-order valence-corrected chi connectivity index (χ3v) is 8.67. The fraction of sp³-hybridized carbons (Fsp3) is 0.448. The molecule has 1 atom stereocenters. The van der Waals surface area contributed by atoms with Gasteiger partial charge in [0.25, 0.3) is 0 Å². The van der Waals surface area contributed by atoms with E-state index in [0.717, 1.165) is 33.5 Å². The topological polar surface area (TPSA) is 101 Å². The molecule has 0 radical (unpaired) electrons. The standard InChI is InChI=1S/C29H36N4O5S/c1-20-9-10-24-23(15-20)25(32-11-13-37-19-22(18-32)30-28(34)38-29(2,3)4)16-27(31-24)33-12-14-39(35,36)26-8-6-5-7-21(26)17-33/h5-10,15-16,22H,11-14,17-19H2,1-4H3,(H,30,34). The number of nitrogens with one attached hydrogen (secondary N) is 1. The van der Waals surface area contributed by atoms with Gasteiger partial charge in [-0.2, -0.15) is 0 Å². The maximum atomic E-state index is 13.0. The van der Waals surface area contributed by atoms with Crippen LogP contribution in [-0.2, 0) is 25.9 Å². The SMILES string of the molecule is Cc1ccc2nc(N3CCS(=O)(=O)c4ccccc4C3)cc(N3CCOCC(NC(=O)OC(C)(C)C)C3)c2c1. The van der Waals surface area contributed by atoms with Crippen molar-refractivity contribution in [3.05, 3.63) is 59.7 Å². The molecule has 1 unspecified atom stereocenters. The van der Waals surface area contributed by atoms with Gasteiger partial charge in [0.05, 0.1) is 35.4 Å². The second-order valence-electron chi connectivity index (χ2n) is 11.2. The van der Waals surface area contributed by atoms with Crippen LogP contribution in [0.1, 0.15) is 31.9 Å². The smallest absolute Gasteiger partial charge is 0.408 e. The number of aromatic nitrogens is 1. The quantitative estimate of drug-likeness (QED) is 0.519. The minimum Gasteiger partial charge on any atom is -0.444 e. The molecule has 208 valence electrons. The lowest BCUT2D eigenvalue weighted by molar-refractivity contribution is 0.0466. The van der Waals surface area contributed by atoms with Crippen molar-refractivity contribution in [1.29, 1.82) is 0 Å². The number of carbonyl (C=O) groups excluding carboxylic acids is 1. The zero-order valence-electron chi connectivity index (χ0n) is 22.9. The fourth-order valence-corrected chi connectivity index (χ4v) is 6.58. The predicted octanol–water partition coefficient (Wildman–Crippen LogP) is 4.07. The highest BCUT2D eigenvalue weighted by molar-refractivity contribution is 7.91. The van der Waals surface area contributed by atoms with E-state index in [2.05, 4.69) is 16.3 Å². The van der Waals surface area contributed by atoms with Crippen molar-refractivity contribution in [1.82, 2.24) is 10.3 Å². The number of sulfone groups is 1. The molecule has 5 rings (SSSR count). The summed E-state index contributed by atoms with van der Waals surface area (Å²) in [7, 11) is -3.38. The van der Waals surface area contributed by atoms with E-state index in [1.165, 1.54) is 0 Å². The Hall–Kier alpha value is -3.37. The van der Waals surface area contributed by atoms with Crippen molar-refractivity contribution in [2.24, 2.45) is 0 Å². The number of fused-ring (bicyclic) bond motifs is 2. The van der Waals surface area contributed by atoms with E-state index in [4.69, 9.17) is 14.5 Å². The summed E-state index contributed by atoms with van der Waals surface area (Å²) >= 11 is 0. The first-order valence-electron chi connectivity index (χ1n) is 13.3. The van der Waals surface area contributed by atoms with E-state index in [0.29, 0.717) is 44.3 Å². The molecule has 2 aliphatic heterocycles. The monoisotopic (exact) mass is 552 g/mol. The van der Waals surface area contributed by atoms with Gasteiger partial charge in [-0.25, -0.2) is 18.2 Å². The Morgan fingerprint density at radius 1 is 1.10 bits per heavy atom. The Kier molecular flexibility index (Phi) is 7.43. The molecule has 1 amide bonds. The van der Waals surface area contributed by atoms with E-state index in [9.17, 15) is 13.2 Å². The molecule has 0 spiro atoms. The normalized spacial score (nSPS) is 19.6. The molecule has 1 fully saturated rings. The first kappa shape index (κ1) is 27.2. The van der Waals surface area contributed by atoms with Gasteiger partial charge in [-0.05, 0) is 51.5 Å². The van der Waals surface area contributed by atoms with E-state index in [1.807, 2.05) is 62.9 Å². The Labute approximate surface area is 230 Å². The van der Waals surface area contributed by atoms with Crippen LogP contribution in [0.4, 0.5) is 16.3 Å². The number of ether oxygens (including phenoxy) is 2. The number of carbonyl (C=O) groups is 1. The van der Waals surface area contributed by atoms with E-state index < -0.39 is 21.5 Å². The third-order valence-electron chi connectivity index (χ3n) is 6.88. The van der Waals surface area contributed by atoms with Crippen molar-refractivity contribution in [2.45, 2.75) is 50.8 Å². The van der Waals surface area contributed by atoms with Crippen LogP contribution in [0.15, 0.2) is 53.4 Å². The minimum absolute atomic E-state index is 0.0202. The van der Waals surface area contributed by atoms with Crippen molar-refractivity contribution < 1.29 is 22.7 Å². The Morgan fingerprint density at radius 3 is 2.69 bits per heavy atom. The molecule has 39 heavy (non-hydrogen) atoms. The van der Waals surface area contributed by atoms with Crippen LogP contribution >= 0.6 is 0 Å². The number of hydrogen-bond donors (Lipinski definition) is 1. The first-order chi connectivity index (χ1) is 18.5. The van der Waals surface area contributed by atoms with Crippen molar-refractivity contribution >= 4 is 38.3 Å². The maximum Gasteiger partial charge on any atom is 0.408 e. The molecular weight excluding hydrogens is 516 g/mol. The maximum absolute atomic E-state index is 13.0. The average molecular weight is 553 g/mol. The van der Waals surface area contributed by atoms with Crippen LogP contribution in [0.25, 0.3) is 10.9 Å². The minimum atomic E-state index is -3.38. The molecule has 1 saturated heterocycles. The highest BCUT2D eigenvalue weighted by Gasteiger charge is 2.28. The summed E-state index contributed by atoms with van der Waals surface area (Å²) in [6.07, 6.45) is -0.474. The molecule has 0 bridgehead atoms. The number of anilines is 2. The summed E-state index contributed by atoms with van der Waals surface area (Å²) in [4.78, 5) is 22.1. The summed E-state index contributed by atoms with van der Waals surface area (Å²) in [6.45, 7) is 10.4. The Balaban J connectivity index is 1.50. The van der Waals surface area contributed by atoms with Crippen LogP contribution in [0.5, 0.6) is 0 Å². The molecule has 2 aliphatic rings. The van der Waals surface area contributed by atoms with Crippen LogP contribution in [0.3, 0.4) is 0 Å². The first-order valence-corrected chi connectivity index (χ1v) is 14.9. The number of hydrogen-bond acceptors (Lipinski definition) is 8. The van der Waals surface area contributed by atoms with Crippen molar-refractivity contribution in [2.75, 3.05) is 48.4 Å². The second-order valence-corrected chi connectivity index (χ2v) is 13.3. The number of nitrogens with zero attached hydrogens (tertiary/aromatic N) is 3. The van der Waals surface area contributed by atoms with Gasteiger partial charge in [-0.3, -0.25) is 0 Å².